The van der Waals surface area contributed by atoms with E-state index in [1.807, 2.05) is 33.8 Å². The van der Waals surface area contributed by atoms with Crippen molar-refractivity contribution in [3.8, 4) is 6.07 Å². The fourth-order valence-corrected chi connectivity index (χ4v) is 2.64. The Morgan fingerprint density at radius 3 is 2.40 bits per heavy atom. The summed E-state index contributed by atoms with van der Waals surface area (Å²) in [7, 11) is -0.596. The standard InChI is InChI=1S/C18H22BClN2O3/c1-12(23)22-11-15(19-24-17(2,3)18(4,5)25-19)7-13-6-14(10-21)9-16(20)8-13/h6-9H,11H2,1-5H3,(H,22,23). The van der Waals surface area contributed by atoms with Crippen molar-refractivity contribution in [2.75, 3.05) is 6.54 Å². The molecule has 0 atom stereocenters. The van der Waals surface area contributed by atoms with Gasteiger partial charge in [0.1, 0.15) is 0 Å². The van der Waals surface area contributed by atoms with Gasteiger partial charge in [-0.25, -0.2) is 0 Å². The van der Waals surface area contributed by atoms with Gasteiger partial charge >= 0.3 is 7.12 Å². The number of rotatable bonds is 4. The lowest BCUT2D eigenvalue weighted by Gasteiger charge is -2.32. The molecule has 1 saturated heterocycles. The zero-order valence-electron chi connectivity index (χ0n) is 15.1. The summed E-state index contributed by atoms with van der Waals surface area (Å²) in [5, 5.41) is 12.4. The maximum atomic E-state index is 11.3. The van der Waals surface area contributed by atoms with Crippen LogP contribution in [0.2, 0.25) is 5.02 Å². The molecule has 132 valence electrons. The molecule has 1 aliphatic rings. The van der Waals surface area contributed by atoms with Crippen LogP contribution in [0.3, 0.4) is 0 Å². The second-order valence-corrected chi connectivity index (χ2v) is 7.54. The molecule has 1 aliphatic heterocycles. The first-order valence-electron chi connectivity index (χ1n) is 8.05. The second-order valence-electron chi connectivity index (χ2n) is 7.10. The van der Waals surface area contributed by atoms with Gasteiger partial charge in [-0.05, 0) is 56.9 Å². The molecule has 0 bridgehead atoms. The average molecular weight is 361 g/mol. The van der Waals surface area contributed by atoms with E-state index in [9.17, 15) is 4.79 Å². The number of nitrogens with one attached hydrogen (secondary N) is 1. The average Bonchev–Trinajstić information content (AvgIpc) is 2.70. The molecule has 1 aromatic carbocycles. The topological polar surface area (TPSA) is 71.4 Å². The molecule has 0 aliphatic carbocycles. The molecule has 0 spiro atoms. The van der Waals surface area contributed by atoms with Gasteiger partial charge in [-0.15, -0.1) is 0 Å². The van der Waals surface area contributed by atoms with Crippen molar-refractivity contribution in [3.05, 3.63) is 39.8 Å². The smallest absolute Gasteiger partial charge is 0.400 e. The van der Waals surface area contributed by atoms with Gasteiger partial charge in [0.05, 0.1) is 22.8 Å². The fourth-order valence-electron chi connectivity index (χ4n) is 2.40. The molecule has 1 amide bonds. The highest BCUT2D eigenvalue weighted by molar-refractivity contribution is 6.56. The molecule has 1 N–H and O–H groups in total. The summed E-state index contributed by atoms with van der Waals surface area (Å²) in [6.07, 6.45) is 1.84. The van der Waals surface area contributed by atoms with Crippen LogP contribution in [0.25, 0.3) is 6.08 Å². The predicted octanol–water partition coefficient (Wildman–Crippen LogP) is 3.36. The molecule has 5 nitrogen and oxygen atoms in total. The number of halogens is 1. The number of nitriles is 1. The molecular formula is C18H22BClN2O3. The van der Waals surface area contributed by atoms with Gasteiger partial charge in [0.25, 0.3) is 0 Å². The number of hydrogen-bond acceptors (Lipinski definition) is 4. The largest absolute Gasteiger partial charge is 0.492 e. The van der Waals surface area contributed by atoms with Crippen LogP contribution in [0, 0.1) is 11.3 Å². The molecule has 0 unspecified atom stereocenters. The Kier molecular flexibility index (Phi) is 5.63. The predicted molar refractivity (Wildman–Crippen MR) is 98.9 cm³/mol. The highest BCUT2D eigenvalue weighted by Gasteiger charge is 2.52. The summed E-state index contributed by atoms with van der Waals surface area (Å²) in [6.45, 7) is 9.61. The number of hydrogen-bond donors (Lipinski definition) is 1. The third-order valence-electron chi connectivity index (χ3n) is 4.50. The number of carbonyl (C=O) groups is 1. The Hall–Kier alpha value is -1.81. The van der Waals surface area contributed by atoms with Crippen molar-refractivity contribution in [1.82, 2.24) is 5.32 Å². The van der Waals surface area contributed by atoms with Crippen molar-refractivity contribution in [3.63, 3.8) is 0 Å². The van der Waals surface area contributed by atoms with Crippen LogP contribution < -0.4 is 5.32 Å². The highest BCUT2D eigenvalue weighted by Crippen LogP contribution is 2.38. The minimum atomic E-state index is -0.596. The minimum absolute atomic E-state index is 0.147. The van der Waals surface area contributed by atoms with E-state index in [4.69, 9.17) is 26.2 Å². The van der Waals surface area contributed by atoms with Crippen LogP contribution in [0.5, 0.6) is 0 Å². The third kappa shape index (κ3) is 4.63. The summed E-state index contributed by atoms with van der Waals surface area (Å²) in [6, 6.07) is 7.16. The number of carbonyl (C=O) groups excluding carboxylic acids is 1. The molecule has 2 rings (SSSR count). The molecule has 25 heavy (non-hydrogen) atoms. The zero-order chi connectivity index (χ0) is 18.8. The Bertz CT molecular complexity index is 737. The van der Waals surface area contributed by atoms with E-state index in [1.165, 1.54) is 6.92 Å². The lowest BCUT2D eigenvalue weighted by Crippen LogP contribution is -2.41. The van der Waals surface area contributed by atoms with Crippen molar-refractivity contribution >= 4 is 30.7 Å². The third-order valence-corrected chi connectivity index (χ3v) is 4.72. The first kappa shape index (κ1) is 19.5. The first-order valence-corrected chi connectivity index (χ1v) is 8.43. The zero-order valence-corrected chi connectivity index (χ0v) is 15.9. The van der Waals surface area contributed by atoms with Gasteiger partial charge in [0, 0.05) is 18.5 Å². The maximum Gasteiger partial charge on any atom is 0.492 e. The van der Waals surface area contributed by atoms with Gasteiger partial charge in [0.2, 0.25) is 5.91 Å². The van der Waals surface area contributed by atoms with E-state index in [2.05, 4.69) is 11.4 Å². The minimum Gasteiger partial charge on any atom is -0.400 e. The molecule has 1 heterocycles. The lowest BCUT2D eigenvalue weighted by atomic mass is 9.77. The molecule has 0 saturated carbocycles. The van der Waals surface area contributed by atoms with Crippen LogP contribution in [-0.2, 0) is 14.1 Å². The Labute approximate surface area is 154 Å². The first-order chi connectivity index (χ1) is 11.5. The summed E-state index contributed by atoms with van der Waals surface area (Å²) in [5.74, 6) is -0.147. The maximum absolute atomic E-state index is 11.3. The number of amides is 1. The monoisotopic (exact) mass is 360 g/mol. The quantitative estimate of drug-likeness (QED) is 0.836. The van der Waals surface area contributed by atoms with Gasteiger partial charge in [-0.1, -0.05) is 17.7 Å². The molecule has 1 fully saturated rings. The molecule has 0 radical (unpaired) electrons. The van der Waals surface area contributed by atoms with Gasteiger partial charge in [0.15, 0.2) is 0 Å². The summed E-state index contributed by atoms with van der Waals surface area (Å²) in [5.41, 5.74) is 0.990. The summed E-state index contributed by atoms with van der Waals surface area (Å²) < 4.78 is 12.2. The van der Waals surface area contributed by atoms with E-state index in [-0.39, 0.29) is 12.5 Å². The van der Waals surface area contributed by atoms with Gasteiger partial charge in [-0.2, -0.15) is 5.26 Å². The van der Waals surface area contributed by atoms with E-state index in [1.54, 1.807) is 18.2 Å². The Morgan fingerprint density at radius 1 is 1.28 bits per heavy atom. The van der Waals surface area contributed by atoms with E-state index in [0.29, 0.717) is 10.6 Å². The molecule has 1 aromatic rings. The SMILES string of the molecule is CC(=O)NCC(=Cc1cc(Cl)cc(C#N)c1)B1OC(C)(C)C(C)(C)O1. The molecular weight excluding hydrogens is 338 g/mol. The Balaban J connectivity index is 2.39. The van der Waals surface area contributed by atoms with Crippen molar-refractivity contribution in [1.29, 1.82) is 5.26 Å². The summed E-state index contributed by atoms with van der Waals surface area (Å²) in [4.78, 5) is 11.3. The molecule has 0 aromatic heterocycles. The van der Waals surface area contributed by atoms with Crippen LogP contribution in [0.15, 0.2) is 23.7 Å². The normalized spacial score (nSPS) is 18.8. The van der Waals surface area contributed by atoms with Gasteiger partial charge in [-0.3, -0.25) is 4.79 Å². The number of nitrogens with zero attached hydrogens (tertiary/aromatic N) is 1. The number of benzene rings is 1. The van der Waals surface area contributed by atoms with Crippen LogP contribution >= 0.6 is 11.6 Å². The van der Waals surface area contributed by atoms with Crippen LogP contribution in [0.1, 0.15) is 45.7 Å². The molecule has 7 heteroatoms. The lowest BCUT2D eigenvalue weighted by molar-refractivity contribution is -0.118. The summed E-state index contributed by atoms with van der Waals surface area (Å²) >= 11 is 6.08. The van der Waals surface area contributed by atoms with Gasteiger partial charge < -0.3 is 14.6 Å². The van der Waals surface area contributed by atoms with E-state index >= 15 is 0 Å². The second kappa shape index (κ2) is 7.21. The van der Waals surface area contributed by atoms with Crippen LogP contribution in [0.4, 0.5) is 0 Å². The van der Waals surface area contributed by atoms with Crippen molar-refractivity contribution in [2.24, 2.45) is 0 Å². The fraction of sp³-hybridized carbons (Fsp3) is 0.444. The van der Waals surface area contributed by atoms with E-state index in [0.717, 1.165) is 11.0 Å². The van der Waals surface area contributed by atoms with E-state index < -0.39 is 18.3 Å². The van der Waals surface area contributed by atoms with Crippen LogP contribution in [-0.4, -0.2) is 30.8 Å². The van der Waals surface area contributed by atoms with Crippen molar-refractivity contribution < 1.29 is 14.1 Å². The Morgan fingerprint density at radius 2 is 1.88 bits per heavy atom. The highest BCUT2D eigenvalue weighted by atomic mass is 35.5. The van der Waals surface area contributed by atoms with Crippen molar-refractivity contribution in [2.45, 2.75) is 45.8 Å².